The molecule has 0 spiro atoms. The van der Waals surface area contributed by atoms with Gasteiger partial charge in [-0.05, 0) is 43.6 Å². The first-order valence-electron chi connectivity index (χ1n) is 7.15. The van der Waals surface area contributed by atoms with Gasteiger partial charge in [-0.1, -0.05) is 6.42 Å². The Morgan fingerprint density at radius 1 is 1.32 bits per heavy atom. The van der Waals surface area contributed by atoms with E-state index in [1.807, 2.05) is 0 Å². The number of carbonyl (C=O) groups is 2. The summed E-state index contributed by atoms with van der Waals surface area (Å²) < 4.78 is 4.69. The molecule has 2 saturated carbocycles. The van der Waals surface area contributed by atoms with E-state index in [1.165, 1.54) is 39.7 Å². The zero-order valence-corrected chi connectivity index (χ0v) is 11.8. The summed E-state index contributed by atoms with van der Waals surface area (Å²) in [5.41, 5.74) is 0. The third kappa shape index (κ3) is 3.69. The Labute approximate surface area is 114 Å². The van der Waals surface area contributed by atoms with Gasteiger partial charge in [0.05, 0.1) is 7.11 Å². The molecule has 2 aliphatic rings. The maximum atomic E-state index is 11.5. The first kappa shape index (κ1) is 14.3. The van der Waals surface area contributed by atoms with Gasteiger partial charge in [0.2, 0.25) is 5.91 Å². The van der Waals surface area contributed by atoms with Crippen LogP contribution < -0.4 is 10.6 Å². The minimum atomic E-state index is -0.582. The zero-order valence-electron chi connectivity index (χ0n) is 11.8. The molecule has 0 aromatic heterocycles. The van der Waals surface area contributed by atoms with Gasteiger partial charge >= 0.3 is 5.97 Å². The summed E-state index contributed by atoms with van der Waals surface area (Å²) in [5.74, 6) is 1.94. The third-order valence-corrected chi connectivity index (χ3v) is 4.50. The summed E-state index contributed by atoms with van der Waals surface area (Å²) in [6.45, 7) is 2.79. The Morgan fingerprint density at radius 2 is 2.11 bits per heavy atom. The predicted octanol–water partition coefficient (Wildman–Crippen LogP) is 0.690. The van der Waals surface area contributed by atoms with Crippen LogP contribution in [0.5, 0.6) is 0 Å². The van der Waals surface area contributed by atoms with Crippen molar-refractivity contribution in [2.24, 2.45) is 17.8 Å². The van der Waals surface area contributed by atoms with E-state index in [2.05, 4.69) is 10.6 Å². The van der Waals surface area contributed by atoms with Crippen LogP contribution in [0.1, 0.15) is 32.6 Å². The molecule has 4 atom stereocenters. The molecular weight excluding hydrogens is 244 g/mol. The summed E-state index contributed by atoms with van der Waals surface area (Å²) in [5, 5.41) is 5.93. The van der Waals surface area contributed by atoms with Gasteiger partial charge in [-0.3, -0.25) is 4.79 Å². The van der Waals surface area contributed by atoms with Crippen LogP contribution in [0.2, 0.25) is 0 Å². The molecular formula is C14H24N2O3. The molecule has 4 unspecified atom stereocenters. The van der Waals surface area contributed by atoms with Gasteiger partial charge in [0, 0.05) is 13.5 Å². The summed E-state index contributed by atoms with van der Waals surface area (Å²) in [7, 11) is 1.34. The molecule has 19 heavy (non-hydrogen) atoms. The average molecular weight is 268 g/mol. The van der Waals surface area contributed by atoms with Crippen molar-refractivity contribution in [2.75, 3.05) is 20.2 Å². The van der Waals surface area contributed by atoms with Crippen LogP contribution in [0.25, 0.3) is 0 Å². The van der Waals surface area contributed by atoms with Crippen molar-refractivity contribution in [1.29, 1.82) is 0 Å². The fourth-order valence-corrected chi connectivity index (χ4v) is 3.62. The number of rotatable bonds is 6. The Bertz CT molecular complexity index is 346. The zero-order chi connectivity index (χ0) is 13.8. The molecule has 0 aliphatic heterocycles. The smallest absolute Gasteiger partial charge is 0.329 e. The van der Waals surface area contributed by atoms with E-state index in [9.17, 15) is 9.59 Å². The summed E-state index contributed by atoms with van der Waals surface area (Å²) in [6, 6.07) is -0.582. The van der Waals surface area contributed by atoms with Gasteiger partial charge in [0.1, 0.15) is 6.04 Å². The van der Waals surface area contributed by atoms with Gasteiger partial charge in [-0.2, -0.15) is 0 Å². The fourth-order valence-electron chi connectivity index (χ4n) is 3.62. The number of hydrogen-bond donors (Lipinski definition) is 2. The van der Waals surface area contributed by atoms with Crippen LogP contribution in [0.4, 0.5) is 0 Å². The second-order valence-electron chi connectivity index (χ2n) is 5.87. The highest BCUT2D eigenvalue weighted by Gasteiger charge is 2.39. The van der Waals surface area contributed by atoms with Crippen molar-refractivity contribution in [2.45, 2.75) is 38.6 Å². The molecule has 0 saturated heterocycles. The number of hydrogen-bond acceptors (Lipinski definition) is 4. The molecule has 2 rings (SSSR count). The van der Waals surface area contributed by atoms with E-state index >= 15 is 0 Å². The molecule has 5 nitrogen and oxygen atoms in total. The summed E-state index contributed by atoms with van der Waals surface area (Å²) in [6.07, 6.45) is 5.47. The molecule has 0 aromatic carbocycles. The van der Waals surface area contributed by atoms with Gasteiger partial charge in [-0.25, -0.2) is 4.79 Å². The molecule has 1 amide bonds. The lowest BCUT2D eigenvalue weighted by molar-refractivity contribution is -0.144. The lowest BCUT2D eigenvalue weighted by Crippen LogP contribution is -2.48. The normalized spacial score (nSPS) is 30.1. The van der Waals surface area contributed by atoms with Gasteiger partial charge in [-0.15, -0.1) is 0 Å². The second-order valence-corrected chi connectivity index (χ2v) is 5.87. The highest BCUT2D eigenvalue weighted by atomic mass is 16.5. The standard InChI is InChI=1S/C14H24N2O3/c1-9(17)16-13(14(18)19-2)8-15-7-12-6-10-3-4-11(12)5-10/h10-13,15H,3-8H2,1-2H3,(H,16,17). The monoisotopic (exact) mass is 268 g/mol. The maximum Gasteiger partial charge on any atom is 0.329 e. The largest absolute Gasteiger partial charge is 0.467 e. The van der Waals surface area contributed by atoms with Crippen LogP contribution in [0, 0.1) is 17.8 Å². The van der Waals surface area contributed by atoms with E-state index in [-0.39, 0.29) is 5.91 Å². The first-order chi connectivity index (χ1) is 9.10. The summed E-state index contributed by atoms with van der Waals surface area (Å²) in [4.78, 5) is 22.6. The fraction of sp³-hybridized carbons (Fsp3) is 0.857. The number of esters is 1. The highest BCUT2D eigenvalue weighted by Crippen LogP contribution is 2.47. The van der Waals surface area contributed by atoms with Crippen molar-refractivity contribution in [1.82, 2.24) is 10.6 Å². The molecule has 0 aromatic rings. The van der Waals surface area contributed by atoms with Crippen LogP contribution in [-0.4, -0.2) is 38.1 Å². The van der Waals surface area contributed by atoms with E-state index in [1.54, 1.807) is 0 Å². The average Bonchev–Trinajstić information content (AvgIpc) is 2.98. The molecule has 2 aliphatic carbocycles. The number of nitrogens with one attached hydrogen (secondary N) is 2. The van der Waals surface area contributed by atoms with Crippen LogP contribution in [-0.2, 0) is 14.3 Å². The predicted molar refractivity (Wildman–Crippen MR) is 71.4 cm³/mol. The highest BCUT2D eigenvalue weighted by molar-refractivity contribution is 5.83. The lowest BCUT2D eigenvalue weighted by Gasteiger charge is -2.23. The lowest BCUT2D eigenvalue weighted by atomic mass is 9.89. The molecule has 0 radical (unpaired) electrons. The van der Waals surface area contributed by atoms with Crippen molar-refractivity contribution < 1.29 is 14.3 Å². The van der Waals surface area contributed by atoms with Crippen molar-refractivity contribution in [3.8, 4) is 0 Å². The number of methoxy groups -OCH3 is 1. The van der Waals surface area contributed by atoms with Crippen LogP contribution in [0.15, 0.2) is 0 Å². The number of carbonyl (C=O) groups excluding carboxylic acids is 2. The number of ether oxygens (including phenoxy) is 1. The number of fused-ring (bicyclic) bond motifs is 2. The molecule has 2 bridgehead atoms. The molecule has 5 heteroatoms. The van der Waals surface area contributed by atoms with Gasteiger partial charge in [0.15, 0.2) is 0 Å². The van der Waals surface area contributed by atoms with Crippen LogP contribution in [0.3, 0.4) is 0 Å². The van der Waals surface area contributed by atoms with E-state index in [0.717, 1.165) is 24.3 Å². The van der Waals surface area contributed by atoms with E-state index in [4.69, 9.17) is 4.74 Å². The quantitative estimate of drug-likeness (QED) is 0.696. The Hall–Kier alpha value is -1.10. The van der Waals surface area contributed by atoms with Gasteiger partial charge in [0.25, 0.3) is 0 Å². The second kappa shape index (κ2) is 6.37. The Balaban J connectivity index is 1.72. The molecule has 2 fully saturated rings. The third-order valence-electron chi connectivity index (χ3n) is 4.50. The number of amides is 1. The van der Waals surface area contributed by atoms with E-state index in [0.29, 0.717) is 6.54 Å². The maximum absolute atomic E-state index is 11.5. The minimum Gasteiger partial charge on any atom is -0.467 e. The molecule has 108 valence electrons. The Kier molecular flexibility index (Phi) is 4.80. The van der Waals surface area contributed by atoms with Gasteiger partial charge < -0.3 is 15.4 Å². The minimum absolute atomic E-state index is 0.211. The van der Waals surface area contributed by atoms with Crippen LogP contribution >= 0.6 is 0 Å². The Morgan fingerprint density at radius 3 is 2.63 bits per heavy atom. The van der Waals surface area contributed by atoms with Crippen molar-refractivity contribution in [3.63, 3.8) is 0 Å². The molecule has 2 N–H and O–H groups in total. The molecule has 0 heterocycles. The SMILES string of the molecule is COC(=O)C(CNCC1CC2CCC1C2)NC(C)=O. The first-order valence-corrected chi connectivity index (χ1v) is 7.15. The van der Waals surface area contributed by atoms with E-state index < -0.39 is 12.0 Å². The van der Waals surface area contributed by atoms with Crippen molar-refractivity contribution >= 4 is 11.9 Å². The topological polar surface area (TPSA) is 67.4 Å². The van der Waals surface area contributed by atoms with Crippen molar-refractivity contribution in [3.05, 3.63) is 0 Å². The summed E-state index contributed by atoms with van der Waals surface area (Å²) >= 11 is 0.